The van der Waals surface area contributed by atoms with Crippen molar-refractivity contribution in [3.05, 3.63) is 54.4 Å². The minimum atomic E-state index is 0.537. The second-order valence-electron chi connectivity index (χ2n) is 4.10. The van der Waals surface area contributed by atoms with Crippen LogP contribution in [-0.4, -0.2) is 9.97 Å². The van der Waals surface area contributed by atoms with Crippen molar-refractivity contribution in [3.8, 4) is 0 Å². The molecule has 0 unspecified atom stereocenters. The number of rotatable bonds is 3. The molecule has 0 saturated heterocycles. The molecule has 0 radical (unpaired) electrons. The van der Waals surface area contributed by atoms with E-state index in [1.165, 1.54) is 5.39 Å². The molecule has 0 atom stereocenters. The Morgan fingerprint density at radius 1 is 1.17 bits per heavy atom. The van der Waals surface area contributed by atoms with Gasteiger partial charge in [0.25, 0.3) is 0 Å². The van der Waals surface area contributed by atoms with Crippen molar-refractivity contribution in [2.45, 2.75) is 13.5 Å². The van der Waals surface area contributed by atoms with Crippen LogP contribution in [0.3, 0.4) is 0 Å². The number of hydrogen-bond donors (Lipinski definition) is 1. The summed E-state index contributed by atoms with van der Waals surface area (Å²) in [6, 6.07) is 10.1. The minimum Gasteiger partial charge on any atom is -0.444 e. The van der Waals surface area contributed by atoms with Crippen LogP contribution in [0.15, 0.2) is 47.1 Å². The average molecular weight is 239 g/mol. The number of nitrogens with zero attached hydrogens (tertiary/aromatic N) is 2. The normalized spacial score (nSPS) is 10.7. The first-order valence-corrected chi connectivity index (χ1v) is 5.82. The summed E-state index contributed by atoms with van der Waals surface area (Å²) in [6.07, 6.45) is 3.51. The van der Waals surface area contributed by atoms with Crippen LogP contribution in [0.2, 0.25) is 0 Å². The van der Waals surface area contributed by atoms with Crippen molar-refractivity contribution >= 4 is 16.6 Å². The number of aromatic nitrogens is 2. The predicted octanol–water partition coefficient (Wildman–Crippen LogP) is 3.14. The van der Waals surface area contributed by atoms with Gasteiger partial charge in [0.15, 0.2) is 0 Å². The first-order valence-electron chi connectivity index (χ1n) is 5.82. The first kappa shape index (κ1) is 10.8. The summed E-state index contributed by atoms with van der Waals surface area (Å²) in [7, 11) is 0. The van der Waals surface area contributed by atoms with Crippen LogP contribution < -0.4 is 5.32 Å². The molecular weight excluding hydrogens is 226 g/mol. The Balaban J connectivity index is 1.86. The van der Waals surface area contributed by atoms with Gasteiger partial charge in [0.1, 0.15) is 11.6 Å². The van der Waals surface area contributed by atoms with E-state index in [9.17, 15) is 0 Å². The molecule has 3 aromatic rings. The van der Waals surface area contributed by atoms with E-state index in [0.717, 1.165) is 17.0 Å². The van der Waals surface area contributed by atoms with E-state index < -0.39 is 0 Å². The Morgan fingerprint density at radius 2 is 2.06 bits per heavy atom. The van der Waals surface area contributed by atoms with E-state index in [1.54, 1.807) is 12.4 Å². The van der Waals surface area contributed by atoms with Gasteiger partial charge < -0.3 is 9.73 Å². The van der Waals surface area contributed by atoms with E-state index in [0.29, 0.717) is 12.4 Å². The van der Waals surface area contributed by atoms with Gasteiger partial charge >= 0.3 is 0 Å². The maximum absolute atomic E-state index is 5.42. The molecule has 0 fully saturated rings. The lowest BCUT2D eigenvalue weighted by molar-refractivity contribution is 0.479. The number of benzene rings is 1. The van der Waals surface area contributed by atoms with Crippen molar-refractivity contribution < 1.29 is 4.42 Å². The summed E-state index contributed by atoms with van der Waals surface area (Å²) >= 11 is 0. The third-order valence-electron chi connectivity index (χ3n) is 2.75. The minimum absolute atomic E-state index is 0.537. The number of anilines is 1. The third kappa shape index (κ3) is 2.05. The molecular formula is C14H13N3O. The Kier molecular flexibility index (Phi) is 2.68. The summed E-state index contributed by atoms with van der Waals surface area (Å²) in [6.45, 7) is 2.42. The molecule has 1 N–H and O–H groups in total. The molecule has 0 aliphatic heterocycles. The lowest BCUT2D eigenvalue weighted by Gasteiger charge is -2.06. The molecule has 18 heavy (non-hydrogen) atoms. The van der Waals surface area contributed by atoms with Gasteiger partial charge in [0.2, 0.25) is 5.89 Å². The summed E-state index contributed by atoms with van der Waals surface area (Å²) < 4.78 is 5.42. The largest absolute Gasteiger partial charge is 0.444 e. The van der Waals surface area contributed by atoms with Gasteiger partial charge in [-0.2, -0.15) is 0 Å². The molecule has 2 aromatic heterocycles. The maximum Gasteiger partial charge on any atom is 0.213 e. The fourth-order valence-corrected chi connectivity index (χ4v) is 1.90. The molecule has 0 aliphatic carbocycles. The first-order chi connectivity index (χ1) is 8.83. The van der Waals surface area contributed by atoms with Crippen LogP contribution in [0.5, 0.6) is 0 Å². The van der Waals surface area contributed by atoms with Gasteiger partial charge in [-0.25, -0.2) is 9.97 Å². The van der Waals surface area contributed by atoms with E-state index in [4.69, 9.17) is 4.42 Å². The van der Waals surface area contributed by atoms with Crippen molar-refractivity contribution in [1.82, 2.24) is 9.97 Å². The molecule has 0 aliphatic rings. The smallest absolute Gasteiger partial charge is 0.213 e. The van der Waals surface area contributed by atoms with E-state index in [-0.39, 0.29) is 0 Å². The third-order valence-corrected chi connectivity index (χ3v) is 2.75. The molecule has 1 aromatic carbocycles. The monoisotopic (exact) mass is 239 g/mol. The zero-order valence-electron chi connectivity index (χ0n) is 10.1. The van der Waals surface area contributed by atoms with Crippen LogP contribution >= 0.6 is 0 Å². The number of aryl methyl sites for hydroxylation is 1. The molecule has 0 amide bonds. The van der Waals surface area contributed by atoms with Crippen molar-refractivity contribution in [1.29, 1.82) is 0 Å². The number of pyridine rings is 1. The highest BCUT2D eigenvalue weighted by molar-refractivity contribution is 5.91. The fraction of sp³-hybridized carbons (Fsp3) is 0.143. The van der Waals surface area contributed by atoms with Crippen LogP contribution in [0.1, 0.15) is 11.7 Å². The second-order valence-corrected chi connectivity index (χ2v) is 4.10. The van der Waals surface area contributed by atoms with Crippen LogP contribution in [0, 0.1) is 6.92 Å². The maximum atomic E-state index is 5.42. The van der Waals surface area contributed by atoms with E-state index in [2.05, 4.69) is 21.4 Å². The van der Waals surface area contributed by atoms with Gasteiger partial charge in [0.05, 0.1) is 12.7 Å². The Morgan fingerprint density at radius 3 is 2.89 bits per heavy atom. The van der Waals surface area contributed by atoms with Gasteiger partial charge in [0, 0.05) is 11.6 Å². The van der Waals surface area contributed by atoms with Crippen LogP contribution in [-0.2, 0) is 6.54 Å². The molecule has 3 rings (SSSR count). The summed E-state index contributed by atoms with van der Waals surface area (Å²) in [5, 5.41) is 5.52. The highest BCUT2D eigenvalue weighted by Crippen LogP contribution is 2.20. The van der Waals surface area contributed by atoms with Crippen molar-refractivity contribution in [3.63, 3.8) is 0 Å². The topological polar surface area (TPSA) is 51.0 Å². The van der Waals surface area contributed by atoms with Gasteiger partial charge in [-0.3, -0.25) is 0 Å². The standard InChI is InChI=1S/C14H13N3O/c1-10-8-16-13(18-10)9-17-14-12-5-3-2-4-11(12)6-7-15-14/h2-8H,9H2,1H3,(H,15,17). The molecule has 4 nitrogen and oxygen atoms in total. The van der Waals surface area contributed by atoms with Gasteiger partial charge in [-0.1, -0.05) is 24.3 Å². The summed E-state index contributed by atoms with van der Waals surface area (Å²) in [5.74, 6) is 2.34. The fourth-order valence-electron chi connectivity index (χ4n) is 1.90. The Bertz CT molecular complexity index is 670. The number of hydrogen-bond acceptors (Lipinski definition) is 4. The highest BCUT2D eigenvalue weighted by atomic mass is 16.4. The summed E-state index contributed by atoms with van der Waals surface area (Å²) in [4.78, 5) is 8.50. The lowest BCUT2D eigenvalue weighted by Crippen LogP contribution is -2.01. The van der Waals surface area contributed by atoms with Crippen molar-refractivity contribution in [2.24, 2.45) is 0 Å². The quantitative estimate of drug-likeness (QED) is 0.762. The molecule has 2 heterocycles. The lowest BCUT2D eigenvalue weighted by atomic mass is 10.1. The zero-order chi connectivity index (χ0) is 12.4. The second kappa shape index (κ2) is 4.49. The van der Waals surface area contributed by atoms with Crippen LogP contribution in [0.4, 0.5) is 5.82 Å². The number of fused-ring (bicyclic) bond motifs is 1. The predicted molar refractivity (Wildman–Crippen MR) is 70.3 cm³/mol. The Hall–Kier alpha value is -2.36. The highest BCUT2D eigenvalue weighted by Gasteiger charge is 2.04. The van der Waals surface area contributed by atoms with Crippen molar-refractivity contribution in [2.75, 3.05) is 5.32 Å². The average Bonchev–Trinajstić information content (AvgIpc) is 2.82. The molecule has 0 bridgehead atoms. The number of nitrogens with one attached hydrogen (secondary N) is 1. The van der Waals surface area contributed by atoms with E-state index >= 15 is 0 Å². The molecule has 0 spiro atoms. The molecule has 90 valence electrons. The zero-order valence-corrected chi connectivity index (χ0v) is 10.1. The van der Waals surface area contributed by atoms with Gasteiger partial charge in [-0.15, -0.1) is 0 Å². The Labute approximate surface area is 105 Å². The van der Waals surface area contributed by atoms with Gasteiger partial charge in [-0.05, 0) is 18.4 Å². The molecule has 4 heteroatoms. The molecule has 0 saturated carbocycles. The van der Waals surface area contributed by atoms with Crippen LogP contribution in [0.25, 0.3) is 10.8 Å². The number of oxazole rings is 1. The summed E-state index contributed by atoms with van der Waals surface area (Å²) in [5.41, 5.74) is 0. The SMILES string of the molecule is Cc1cnc(CNc2nccc3ccccc23)o1. The van der Waals surface area contributed by atoms with E-state index in [1.807, 2.05) is 31.2 Å².